The van der Waals surface area contributed by atoms with Gasteiger partial charge in [-0.3, -0.25) is 28.8 Å². The van der Waals surface area contributed by atoms with Gasteiger partial charge < -0.3 is 29.0 Å². The first-order valence-corrected chi connectivity index (χ1v) is 24.9. The third-order valence-corrected chi connectivity index (χ3v) is 10.9. The van der Waals surface area contributed by atoms with E-state index in [1.54, 1.807) is 24.3 Å². The van der Waals surface area contributed by atoms with Gasteiger partial charge in [-0.2, -0.15) is 0 Å². The average molecular weight is 888 g/mol. The summed E-state index contributed by atoms with van der Waals surface area (Å²) in [5, 5.41) is 2.63. The maximum absolute atomic E-state index is 12.7. The molecule has 0 aliphatic heterocycles. The summed E-state index contributed by atoms with van der Waals surface area (Å²) in [6, 6.07) is 6.34. The lowest BCUT2D eigenvalue weighted by atomic mass is 10.0. The SMILES string of the molecule is CCCCCCCCCCCCCCCC(=O)OCC(COC(=O)CCCCCCCCCCCCCCC)OC(=O)CCC(=O)OCCCC(=O)Oc1ccc(NC(C)=O)cc1. The number of hydrogen-bond donors (Lipinski definition) is 1. The number of esters is 5. The number of benzene rings is 1. The zero-order chi connectivity index (χ0) is 46.0. The van der Waals surface area contributed by atoms with Crippen LogP contribution in [0.25, 0.3) is 0 Å². The second-order valence-electron chi connectivity index (χ2n) is 17.0. The molecule has 0 fully saturated rings. The van der Waals surface area contributed by atoms with Crippen LogP contribution in [0.15, 0.2) is 24.3 Å². The van der Waals surface area contributed by atoms with Gasteiger partial charge in [0.1, 0.15) is 19.0 Å². The zero-order valence-corrected chi connectivity index (χ0v) is 39.6. The fraction of sp³-hybridized carbons (Fsp3) is 0.765. The molecule has 0 aliphatic rings. The molecule has 1 amide bonds. The van der Waals surface area contributed by atoms with Crippen LogP contribution in [0.5, 0.6) is 5.75 Å². The lowest BCUT2D eigenvalue weighted by Gasteiger charge is -2.18. The molecule has 360 valence electrons. The van der Waals surface area contributed by atoms with Gasteiger partial charge in [0.05, 0.1) is 19.4 Å². The van der Waals surface area contributed by atoms with Gasteiger partial charge in [-0.15, -0.1) is 0 Å². The molecule has 0 spiro atoms. The van der Waals surface area contributed by atoms with Crippen LogP contribution < -0.4 is 10.1 Å². The first-order chi connectivity index (χ1) is 30.6. The summed E-state index contributed by atoms with van der Waals surface area (Å²) in [6.45, 7) is 5.32. The third-order valence-electron chi connectivity index (χ3n) is 10.9. The van der Waals surface area contributed by atoms with Crippen molar-refractivity contribution in [1.82, 2.24) is 0 Å². The average Bonchev–Trinajstić information content (AvgIpc) is 3.26. The van der Waals surface area contributed by atoms with Crippen LogP contribution in [0.4, 0.5) is 5.69 Å². The summed E-state index contributed by atoms with van der Waals surface area (Å²) in [7, 11) is 0. The summed E-state index contributed by atoms with van der Waals surface area (Å²) >= 11 is 0. The Morgan fingerprint density at radius 3 is 1.21 bits per heavy atom. The Labute approximate surface area is 380 Å². The number of hydrogen-bond acceptors (Lipinski definition) is 11. The smallest absolute Gasteiger partial charge is 0.311 e. The normalized spacial score (nSPS) is 11.0. The lowest BCUT2D eigenvalue weighted by molar-refractivity contribution is -0.167. The van der Waals surface area contributed by atoms with Crippen molar-refractivity contribution < 1.29 is 52.5 Å². The highest BCUT2D eigenvalue weighted by atomic mass is 16.6. The molecule has 0 aromatic heterocycles. The Morgan fingerprint density at radius 2 is 0.794 bits per heavy atom. The number of amides is 1. The second kappa shape index (κ2) is 40.8. The van der Waals surface area contributed by atoms with Gasteiger partial charge in [-0.1, -0.05) is 168 Å². The molecule has 0 heterocycles. The van der Waals surface area contributed by atoms with E-state index in [2.05, 4.69) is 19.2 Å². The number of rotatable bonds is 42. The fourth-order valence-corrected chi connectivity index (χ4v) is 7.12. The summed E-state index contributed by atoms with van der Waals surface area (Å²) < 4.78 is 26.8. The minimum Gasteiger partial charge on any atom is -0.466 e. The van der Waals surface area contributed by atoms with Gasteiger partial charge in [0.15, 0.2) is 6.10 Å². The topological polar surface area (TPSA) is 161 Å². The highest BCUT2D eigenvalue weighted by Gasteiger charge is 2.21. The molecule has 1 aromatic rings. The van der Waals surface area contributed by atoms with Gasteiger partial charge in [0.2, 0.25) is 5.91 Å². The molecule has 0 radical (unpaired) electrons. The van der Waals surface area contributed by atoms with Gasteiger partial charge in [0.25, 0.3) is 0 Å². The summed E-state index contributed by atoms with van der Waals surface area (Å²) in [6.07, 6.45) is 30.5. The molecule has 12 nitrogen and oxygen atoms in total. The van der Waals surface area contributed by atoms with E-state index in [-0.39, 0.29) is 64.3 Å². The Morgan fingerprint density at radius 1 is 0.429 bits per heavy atom. The van der Waals surface area contributed by atoms with E-state index in [4.69, 9.17) is 23.7 Å². The van der Waals surface area contributed by atoms with Crippen molar-refractivity contribution in [3.63, 3.8) is 0 Å². The van der Waals surface area contributed by atoms with E-state index < -0.39 is 36.0 Å². The van der Waals surface area contributed by atoms with Crippen LogP contribution in [0, 0.1) is 0 Å². The summed E-state index contributed by atoms with van der Waals surface area (Å²) in [4.78, 5) is 73.5. The molecule has 0 aliphatic carbocycles. The zero-order valence-electron chi connectivity index (χ0n) is 39.6. The molecule has 0 atom stereocenters. The summed E-state index contributed by atoms with van der Waals surface area (Å²) in [5.41, 5.74) is 0.575. The molecule has 0 saturated heterocycles. The molecule has 0 bridgehead atoms. The van der Waals surface area contributed by atoms with E-state index in [1.807, 2.05) is 0 Å². The van der Waals surface area contributed by atoms with Gasteiger partial charge >= 0.3 is 29.8 Å². The molecule has 0 saturated carbocycles. The van der Waals surface area contributed by atoms with Crippen LogP contribution in [0.2, 0.25) is 0 Å². The molecule has 1 rings (SSSR count). The highest BCUT2D eigenvalue weighted by Crippen LogP contribution is 2.18. The monoisotopic (exact) mass is 888 g/mol. The summed E-state index contributed by atoms with van der Waals surface area (Å²) in [5.74, 6) is -2.56. The maximum Gasteiger partial charge on any atom is 0.311 e. The van der Waals surface area contributed by atoms with Crippen molar-refractivity contribution in [2.45, 2.75) is 232 Å². The maximum atomic E-state index is 12.7. The first-order valence-electron chi connectivity index (χ1n) is 24.9. The van der Waals surface area contributed by atoms with Crippen molar-refractivity contribution in [1.29, 1.82) is 0 Å². The minimum atomic E-state index is -1.01. The van der Waals surface area contributed by atoms with E-state index in [0.717, 1.165) is 38.5 Å². The van der Waals surface area contributed by atoms with E-state index in [9.17, 15) is 28.8 Å². The van der Waals surface area contributed by atoms with E-state index in [1.165, 1.54) is 122 Å². The predicted molar refractivity (Wildman–Crippen MR) is 248 cm³/mol. The number of nitrogens with one attached hydrogen (secondary N) is 1. The fourth-order valence-electron chi connectivity index (χ4n) is 7.12. The van der Waals surface area contributed by atoms with Crippen molar-refractivity contribution in [2.75, 3.05) is 25.1 Å². The Hall–Kier alpha value is -3.96. The van der Waals surface area contributed by atoms with Crippen LogP contribution >= 0.6 is 0 Å². The van der Waals surface area contributed by atoms with Crippen LogP contribution in [0.1, 0.15) is 226 Å². The van der Waals surface area contributed by atoms with E-state index in [0.29, 0.717) is 24.3 Å². The van der Waals surface area contributed by atoms with Crippen molar-refractivity contribution in [2.24, 2.45) is 0 Å². The van der Waals surface area contributed by atoms with Gasteiger partial charge in [-0.05, 0) is 43.5 Å². The molecular weight excluding hydrogens is 803 g/mol. The molecule has 0 unspecified atom stereocenters. The Kier molecular flexibility index (Phi) is 36.9. The molecular formula is C51H85NO11. The Balaban J connectivity index is 2.39. The number of anilines is 1. The number of carbonyl (C=O) groups excluding carboxylic acids is 6. The van der Waals surface area contributed by atoms with Gasteiger partial charge in [-0.25, -0.2) is 0 Å². The molecule has 63 heavy (non-hydrogen) atoms. The molecule has 1 aromatic carbocycles. The lowest BCUT2D eigenvalue weighted by Crippen LogP contribution is -2.31. The molecule has 12 heteroatoms. The third kappa shape index (κ3) is 37.2. The van der Waals surface area contributed by atoms with Crippen LogP contribution in [0.3, 0.4) is 0 Å². The Bertz CT molecular complexity index is 1300. The number of carbonyl (C=O) groups is 6. The standard InChI is InChI=1S/C51H85NO11/c1-4-6-8-10-12-14-16-18-20-22-24-26-28-31-47(54)60-41-46(42-61-48(55)32-29-27-25-23-21-19-17-15-13-11-9-7-5-2)63-51(58)39-38-49(56)59-40-30-33-50(57)62-45-36-34-44(35-37-45)52-43(3)53/h34-37,46H,4-33,38-42H2,1-3H3,(H,52,53). The molecule has 1 N–H and O–H groups in total. The van der Waals surface area contributed by atoms with Gasteiger partial charge in [0, 0.05) is 31.9 Å². The second-order valence-corrected chi connectivity index (χ2v) is 17.0. The van der Waals surface area contributed by atoms with E-state index >= 15 is 0 Å². The largest absolute Gasteiger partial charge is 0.466 e. The van der Waals surface area contributed by atoms with Crippen molar-refractivity contribution in [3.8, 4) is 5.75 Å². The van der Waals surface area contributed by atoms with Crippen LogP contribution in [-0.2, 0) is 47.7 Å². The van der Waals surface area contributed by atoms with Crippen molar-refractivity contribution >= 4 is 41.4 Å². The first kappa shape index (κ1) is 57.1. The quantitative estimate of drug-likeness (QED) is 0.0288. The van der Waals surface area contributed by atoms with Crippen molar-refractivity contribution in [3.05, 3.63) is 24.3 Å². The highest BCUT2D eigenvalue weighted by molar-refractivity contribution is 5.88. The number of ether oxygens (including phenoxy) is 5. The minimum absolute atomic E-state index is 0.000599. The van der Waals surface area contributed by atoms with Crippen LogP contribution in [-0.4, -0.2) is 61.7 Å². The predicted octanol–water partition coefficient (Wildman–Crippen LogP) is 12.6. The number of unbranched alkanes of at least 4 members (excludes halogenated alkanes) is 24.